The van der Waals surface area contributed by atoms with Crippen molar-refractivity contribution in [2.75, 3.05) is 6.54 Å². The molecular weight excluding hydrogens is 378 g/mol. The summed E-state index contributed by atoms with van der Waals surface area (Å²) in [5.74, 6) is -0.342. The fraction of sp³-hybridized carbons (Fsp3) is 0.286. The summed E-state index contributed by atoms with van der Waals surface area (Å²) in [5, 5.41) is 4.94. The highest BCUT2D eigenvalue weighted by Gasteiger charge is 2.44. The van der Waals surface area contributed by atoms with Gasteiger partial charge in [0.1, 0.15) is 5.71 Å². The summed E-state index contributed by atoms with van der Waals surface area (Å²) < 4.78 is 0. The average Bonchev–Trinajstić information content (AvgIpc) is 3.30. The topological polar surface area (TPSA) is 71.3 Å². The Morgan fingerprint density at radius 1 is 1.25 bits per heavy atom. The molecule has 1 saturated heterocycles. The first kappa shape index (κ1) is 18.4. The first-order chi connectivity index (χ1) is 13.6. The van der Waals surface area contributed by atoms with E-state index >= 15 is 0 Å². The molecule has 2 atom stereocenters. The van der Waals surface area contributed by atoms with E-state index in [1.165, 1.54) is 0 Å². The van der Waals surface area contributed by atoms with E-state index in [1.54, 1.807) is 29.2 Å². The lowest BCUT2D eigenvalue weighted by Crippen LogP contribution is -2.41. The van der Waals surface area contributed by atoms with Gasteiger partial charge in [-0.15, -0.1) is 0 Å². The Hall–Kier alpha value is -2.95. The number of carbonyl (C=O) groups is 1. The molecule has 7 heteroatoms. The van der Waals surface area contributed by atoms with Gasteiger partial charge in [-0.05, 0) is 37.1 Å². The Morgan fingerprint density at radius 3 is 2.71 bits per heavy atom. The predicted molar refractivity (Wildman–Crippen MR) is 106 cm³/mol. The number of benzene rings is 2. The number of isocyanates is 1. The van der Waals surface area contributed by atoms with Gasteiger partial charge < -0.3 is 9.74 Å². The third-order valence-electron chi connectivity index (χ3n) is 5.08. The van der Waals surface area contributed by atoms with Crippen LogP contribution in [0.25, 0.3) is 0 Å². The normalized spacial score (nSPS) is 21.3. The van der Waals surface area contributed by atoms with Gasteiger partial charge in [-0.25, -0.2) is 4.79 Å². The molecule has 0 aliphatic carbocycles. The molecule has 1 fully saturated rings. The van der Waals surface area contributed by atoms with Gasteiger partial charge in [-0.1, -0.05) is 46.6 Å². The van der Waals surface area contributed by atoms with Crippen molar-refractivity contribution in [2.24, 2.45) is 10.1 Å². The first-order valence-electron chi connectivity index (χ1n) is 9.06. The number of oxime groups is 1. The summed E-state index contributed by atoms with van der Waals surface area (Å²) in [4.78, 5) is 34.7. The highest BCUT2D eigenvalue weighted by Crippen LogP contribution is 2.40. The third kappa shape index (κ3) is 3.33. The SMILES string of the molecule is Cc1ccc(N=C=O)c(C2C(c3ccc(Cl)cc3)=NOC2N2CCCC2=O)c1. The molecule has 0 saturated carbocycles. The quantitative estimate of drug-likeness (QED) is 0.578. The number of likely N-dealkylation sites (tertiary alicyclic amines) is 1. The molecule has 0 aromatic heterocycles. The van der Waals surface area contributed by atoms with E-state index in [2.05, 4.69) is 10.1 Å². The van der Waals surface area contributed by atoms with E-state index < -0.39 is 6.23 Å². The number of hydrogen-bond acceptors (Lipinski definition) is 5. The maximum absolute atomic E-state index is 12.4. The Bertz CT molecular complexity index is 996. The molecule has 4 rings (SSSR count). The van der Waals surface area contributed by atoms with Crippen LogP contribution in [0.4, 0.5) is 5.69 Å². The second-order valence-electron chi connectivity index (χ2n) is 6.91. The summed E-state index contributed by atoms with van der Waals surface area (Å²) in [7, 11) is 0. The third-order valence-corrected chi connectivity index (χ3v) is 5.33. The van der Waals surface area contributed by atoms with Crippen molar-refractivity contribution in [1.29, 1.82) is 0 Å². The van der Waals surface area contributed by atoms with Crippen LogP contribution >= 0.6 is 11.6 Å². The highest BCUT2D eigenvalue weighted by molar-refractivity contribution is 6.30. The van der Waals surface area contributed by atoms with Crippen molar-refractivity contribution < 1.29 is 14.4 Å². The second kappa shape index (κ2) is 7.58. The predicted octanol–water partition coefficient (Wildman–Crippen LogP) is 4.08. The molecule has 0 N–H and O–H groups in total. The standard InChI is InChI=1S/C21H18ClN3O3/c1-13-4-9-17(23-12-26)16(11-13)19-20(14-5-7-15(22)8-6-14)24-28-21(19)25-10-2-3-18(25)27/h4-9,11,19,21H,2-3,10H2,1H3. The summed E-state index contributed by atoms with van der Waals surface area (Å²) in [6.45, 7) is 2.57. The Kier molecular flexibility index (Phi) is 4.99. The largest absolute Gasteiger partial charge is 0.369 e. The van der Waals surface area contributed by atoms with Crippen molar-refractivity contribution in [1.82, 2.24) is 4.90 Å². The van der Waals surface area contributed by atoms with E-state index in [1.807, 2.05) is 31.2 Å². The number of hydrogen-bond donors (Lipinski definition) is 0. The zero-order valence-corrected chi connectivity index (χ0v) is 16.0. The molecule has 2 aromatic carbocycles. The van der Waals surface area contributed by atoms with Crippen LogP contribution in [-0.4, -0.2) is 35.4 Å². The van der Waals surface area contributed by atoms with Crippen molar-refractivity contribution in [2.45, 2.75) is 31.9 Å². The van der Waals surface area contributed by atoms with E-state index in [4.69, 9.17) is 16.4 Å². The molecule has 0 radical (unpaired) electrons. The van der Waals surface area contributed by atoms with Crippen molar-refractivity contribution in [3.63, 3.8) is 0 Å². The number of carbonyl (C=O) groups excluding carboxylic acids is 2. The van der Waals surface area contributed by atoms with E-state index in [0.29, 0.717) is 29.4 Å². The zero-order chi connectivity index (χ0) is 19.7. The molecule has 2 heterocycles. The number of rotatable bonds is 4. The van der Waals surface area contributed by atoms with Crippen LogP contribution in [0.1, 0.15) is 35.4 Å². The number of nitrogens with zero attached hydrogens (tertiary/aromatic N) is 3. The Morgan fingerprint density at radius 2 is 2.04 bits per heavy atom. The van der Waals surface area contributed by atoms with Crippen LogP contribution in [0.15, 0.2) is 52.6 Å². The van der Waals surface area contributed by atoms with Gasteiger partial charge >= 0.3 is 0 Å². The Labute approximate surface area is 167 Å². The van der Waals surface area contributed by atoms with Crippen LogP contribution in [0, 0.1) is 6.92 Å². The summed E-state index contributed by atoms with van der Waals surface area (Å²) in [5.41, 5.74) is 3.79. The molecule has 0 spiro atoms. The van der Waals surface area contributed by atoms with Gasteiger partial charge in [0.15, 0.2) is 0 Å². The average molecular weight is 396 g/mol. The fourth-order valence-electron chi connectivity index (χ4n) is 3.77. The van der Waals surface area contributed by atoms with Gasteiger partial charge in [-0.2, -0.15) is 4.99 Å². The number of aliphatic imine (C=N–C) groups is 1. The number of amides is 1. The lowest BCUT2D eigenvalue weighted by molar-refractivity contribution is -0.139. The molecule has 2 aromatic rings. The van der Waals surface area contributed by atoms with E-state index in [0.717, 1.165) is 23.1 Å². The molecule has 1 amide bonds. The Balaban J connectivity index is 1.84. The molecule has 6 nitrogen and oxygen atoms in total. The van der Waals surface area contributed by atoms with Crippen LogP contribution in [0.2, 0.25) is 5.02 Å². The lowest BCUT2D eigenvalue weighted by Gasteiger charge is -2.28. The van der Waals surface area contributed by atoms with Crippen molar-refractivity contribution in [3.8, 4) is 0 Å². The lowest BCUT2D eigenvalue weighted by atomic mass is 9.86. The molecule has 28 heavy (non-hydrogen) atoms. The van der Waals surface area contributed by atoms with Gasteiger partial charge in [-0.3, -0.25) is 4.79 Å². The van der Waals surface area contributed by atoms with Crippen LogP contribution in [-0.2, 0) is 14.4 Å². The van der Waals surface area contributed by atoms with Gasteiger partial charge in [0.25, 0.3) is 0 Å². The zero-order valence-electron chi connectivity index (χ0n) is 15.3. The molecule has 2 aliphatic heterocycles. The molecule has 0 bridgehead atoms. The van der Waals surface area contributed by atoms with Gasteiger partial charge in [0.2, 0.25) is 18.2 Å². The second-order valence-corrected chi connectivity index (χ2v) is 7.35. The molecular formula is C21H18ClN3O3. The maximum Gasteiger partial charge on any atom is 0.240 e. The minimum atomic E-state index is -0.580. The fourth-order valence-corrected chi connectivity index (χ4v) is 3.89. The molecule has 2 unspecified atom stereocenters. The van der Waals surface area contributed by atoms with E-state index in [9.17, 15) is 9.59 Å². The van der Waals surface area contributed by atoms with Crippen molar-refractivity contribution >= 4 is 35.0 Å². The summed E-state index contributed by atoms with van der Waals surface area (Å²) in [6.07, 6.45) is 2.32. The molecule has 2 aliphatic rings. The summed E-state index contributed by atoms with van der Waals surface area (Å²) >= 11 is 6.03. The van der Waals surface area contributed by atoms with Crippen LogP contribution < -0.4 is 0 Å². The molecule has 142 valence electrons. The van der Waals surface area contributed by atoms with Gasteiger partial charge in [0, 0.05) is 23.6 Å². The first-order valence-corrected chi connectivity index (χ1v) is 9.44. The maximum atomic E-state index is 12.4. The highest BCUT2D eigenvalue weighted by atomic mass is 35.5. The van der Waals surface area contributed by atoms with E-state index in [-0.39, 0.29) is 11.8 Å². The number of aryl methyl sites for hydroxylation is 1. The van der Waals surface area contributed by atoms with Crippen LogP contribution in [0.5, 0.6) is 0 Å². The number of halogens is 1. The minimum absolute atomic E-state index is 0.0376. The van der Waals surface area contributed by atoms with Gasteiger partial charge in [0.05, 0.1) is 11.6 Å². The minimum Gasteiger partial charge on any atom is -0.369 e. The summed E-state index contributed by atoms with van der Waals surface area (Å²) in [6, 6.07) is 12.9. The monoisotopic (exact) mass is 395 g/mol. The van der Waals surface area contributed by atoms with Crippen molar-refractivity contribution in [3.05, 3.63) is 64.2 Å². The van der Waals surface area contributed by atoms with Crippen LogP contribution in [0.3, 0.4) is 0 Å². The smallest absolute Gasteiger partial charge is 0.240 e.